The van der Waals surface area contributed by atoms with Gasteiger partial charge in [-0.1, -0.05) is 36.2 Å². The molecule has 0 aliphatic rings. The Bertz CT molecular complexity index is 967. The topological polar surface area (TPSA) is 66.5 Å². The van der Waals surface area contributed by atoms with Gasteiger partial charge < -0.3 is 5.32 Å². The first-order valence-electron chi connectivity index (χ1n) is 8.06. The number of benzene rings is 2. The number of rotatable bonds is 6. The number of nitrogens with one attached hydrogen (secondary N) is 1. The first-order chi connectivity index (χ1) is 12.5. The summed E-state index contributed by atoms with van der Waals surface area (Å²) in [5, 5.41) is 2.79. The summed E-state index contributed by atoms with van der Waals surface area (Å²) >= 11 is 11.8. The number of carbonyl (C=O) groups excluding carboxylic acids is 1. The fraction of sp³-hybridized carbons (Fsp3) is 0.278. The highest BCUT2D eigenvalue weighted by molar-refractivity contribution is 7.92. The van der Waals surface area contributed by atoms with E-state index in [4.69, 9.17) is 23.2 Å². The maximum Gasteiger partial charge on any atom is 0.248 e. The molecule has 0 bridgehead atoms. The van der Waals surface area contributed by atoms with Gasteiger partial charge in [0.1, 0.15) is 11.9 Å². The Morgan fingerprint density at radius 3 is 2.44 bits per heavy atom. The van der Waals surface area contributed by atoms with E-state index in [0.717, 1.165) is 16.6 Å². The van der Waals surface area contributed by atoms with Crippen molar-refractivity contribution in [3.05, 3.63) is 57.8 Å². The zero-order valence-electron chi connectivity index (χ0n) is 15.0. The molecule has 0 unspecified atom stereocenters. The van der Waals surface area contributed by atoms with Gasteiger partial charge in [0, 0.05) is 10.7 Å². The van der Waals surface area contributed by atoms with Crippen LogP contribution >= 0.6 is 23.2 Å². The monoisotopic (exact) mass is 432 g/mol. The van der Waals surface area contributed by atoms with E-state index < -0.39 is 27.8 Å². The lowest BCUT2D eigenvalue weighted by Gasteiger charge is -2.31. The third-order valence-electron chi connectivity index (χ3n) is 3.93. The van der Waals surface area contributed by atoms with Gasteiger partial charge >= 0.3 is 0 Å². The van der Waals surface area contributed by atoms with Crippen LogP contribution in [0, 0.1) is 12.7 Å². The highest BCUT2D eigenvalue weighted by atomic mass is 35.5. The number of halogens is 3. The van der Waals surface area contributed by atoms with E-state index in [0.29, 0.717) is 16.3 Å². The number of hydrogen-bond acceptors (Lipinski definition) is 3. The van der Waals surface area contributed by atoms with E-state index in [1.54, 1.807) is 26.0 Å². The molecule has 2 rings (SSSR count). The number of amides is 1. The molecular weight excluding hydrogens is 414 g/mol. The minimum absolute atomic E-state index is 0.147. The molecular formula is C18H19Cl2FN2O3S. The van der Waals surface area contributed by atoms with E-state index in [1.807, 2.05) is 0 Å². The van der Waals surface area contributed by atoms with E-state index in [1.165, 1.54) is 18.2 Å². The molecule has 0 saturated carbocycles. The van der Waals surface area contributed by atoms with Crippen LogP contribution in [0.4, 0.5) is 15.8 Å². The molecule has 5 nitrogen and oxygen atoms in total. The summed E-state index contributed by atoms with van der Waals surface area (Å²) in [7, 11) is -3.79. The largest absolute Gasteiger partial charge is 0.324 e. The molecule has 2 aromatic rings. The van der Waals surface area contributed by atoms with Crippen LogP contribution in [0.1, 0.15) is 18.9 Å². The maximum atomic E-state index is 13.3. The van der Waals surface area contributed by atoms with Gasteiger partial charge in [0.2, 0.25) is 15.9 Å². The van der Waals surface area contributed by atoms with Crippen LogP contribution in [0.25, 0.3) is 0 Å². The highest BCUT2D eigenvalue weighted by Crippen LogP contribution is 2.30. The molecule has 9 heteroatoms. The lowest BCUT2D eigenvalue weighted by molar-refractivity contribution is -0.117. The van der Waals surface area contributed by atoms with Crippen molar-refractivity contribution in [2.75, 3.05) is 15.9 Å². The van der Waals surface area contributed by atoms with E-state index in [2.05, 4.69) is 5.32 Å². The highest BCUT2D eigenvalue weighted by Gasteiger charge is 2.32. The van der Waals surface area contributed by atoms with Crippen molar-refractivity contribution in [2.45, 2.75) is 26.3 Å². The van der Waals surface area contributed by atoms with Crippen LogP contribution in [0.2, 0.25) is 10.0 Å². The molecule has 0 radical (unpaired) electrons. The van der Waals surface area contributed by atoms with Crippen LogP contribution in [-0.4, -0.2) is 26.6 Å². The van der Waals surface area contributed by atoms with Crippen molar-refractivity contribution in [3.8, 4) is 0 Å². The van der Waals surface area contributed by atoms with Gasteiger partial charge in [-0.05, 0) is 49.2 Å². The van der Waals surface area contributed by atoms with Crippen molar-refractivity contribution >= 4 is 50.5 Å². The van der Waals surface area contributed by atoms with Gasteiger partial charge in [0.15, 0.2) is 0 Å². The Morgan fingerprint density at radius 1 is 1.22 bits per heavy atom. The summed E-state index contributed by atoms with van der Waals surface area (Å²) in [5.74, 6) is -1.18. The Morgan fingerprint density at radius 2 is 1.89 bits per heavy atom. The Labute approximate surface area is 168 Å². The summed E-state index contributed by atoms with van der Waals surface area (Å²) < 4.78 is 39.3. The molecule has 146 valence electrons. The number of aryl methyl sites for hydroxylation is 1. The minimum atomic E-state index is -3.79. The molecule has 2 aromatic carbocycles. The quantitative estimate of drug-likeness (QED) is 0.723. The van der Waals surface area contributed by atoms with Crippen molar-refractivity contribution in [1.29, 1.82) is 0 Å². The zero-order valence-corrected chi connectivity index (χ0v) is 17.3. The SMILES string of the molecule is CC[C@@H](C(=O)Nc1ccc(F)c(Cl)c1)N(c1cc(Cl)ccc1C)S(C)(=O)=O. The van der Waals surface area contributed by atoms with Crippen LogP contribution in [0.15, 0.2) is 36.4 Å². The second kappa shape index (κ2) is 8.46. The van der Waals surface area contributed by atoms with Crippen LogP contribution < -0.4 is 9.62 Å². The minimum Gasteiger partial charge on any atom is -0.324 e. The Hall–Kier alpha value is -1.83. The second-order valence-electron chi connectivity index (χ2n) is 6.03. The van der Waals surface area contributed by atoms with Gasteiger partial charge in [-0.3, -0.25) is 9.10 Å². The average molecular weight is 433 g/mol. The summed E-state index contributed by atoms with van der Waals surface area (Å²) in [6.07, 6.45) is 1.23. The summed E-state index contributed by atoms with van der Waals surface area (Å²) in [4.78, 5) is 12.8. The molecule has 1 N–H and O–H groups in total. The van der Waals surface area contributed by atoms with Gasteiger partial charge in [-0.2, -0.15) is 0 Å². The van der Waals surface area contributed by atoms with Gasteiger partial charge in [0.25, 0.3) is 0 Å². The molecule has 0 fully saturated rings. The van der Waals surface area contributed by atoms with Crippen molar-refractivity contribution < 1.29 is 17.6 Å². The van der Waals surface area contributed by atoms with Crippen LogP contribution in [0.5, 0.6) is 0 Å². The fourth-order valence-corrected chi connectivity index (χ4v) is 4.26. The summed E-state index contributed by atoms with van der Waals surface area (Å²) in [6.45, 7) is 3.42. The third kappa shape index (κ3) is 5.12. The molecule has 0 heterocycles. The normalized spacial score (nSPS) is 12.5. The zero-order chi connectivity index (χ0) is 20.4. The Kier molecular flexibility index (Phi) is 6.72. The van der Waals surface area contributed by atoms with Crippen molar-refractivity contribution in [2.24, 2.45) is 0 Å². The fourth-order valence-electron chi connectivity index (χ4n) is 2.65. The molecule has 0 saturated heterocycles. The number of hydrogen-bond donors (Lipinski definition) is 1. The van der Waals surface area contributed by atoms with Crippen molar-refractivity contribution in [1.82, 2.24) is 0 Å². The third-order valence-corrected chi connectivity index (χ3v) is 5.62. The molecule has 27 heavy (non-hydrogen) atoms. The first-order valence-corrected chi connectivity index (χ1v) is 10.7. The van der Waals surface area contributed by atoms with E-state index in [9.17, 15) is 17.6 Å². The predicted octanol–water partition coefficient (Wildman–Crippen LogP) is 4.62. The molecule has 0 aliphatic carbocycles. The average Bonchev–Trinajstić information content (AvgIpc) is 2.57. The number of nitrogens with zero attached hydrogens (tertiary/aromatic N) is 1. The van der Waals surface area contributed by atoms with Gasteiger partial charge in [-0.15, -0.1) is 0 Å². The van der Waals surface area contributed by atoms with E-state index in [-0.39, 0.29) is 17.1 Å². The summed E-state index contributed by atoms with van der Waals surface area (Å²) in [5.41, 5.74) is 1.24. The number of carbonyl (C=O) groups is 1. The second-order valence-corrected chi connectivity index (χ2v) is 8.73. The van der Waals surface area contributed by atoms with E-state index >= 15 is 0 Å². The molecule has 0 spiro atoms. The predicted molar refractivity (Wildman–Crippen MR) is 108 cm³/mol. The number of sulfonamides is 1. The first kappa shape index (κ1) is 21.5. The van der Waals surface area contributed by atoms with Crippen molar-refractivity contribution in [3.63, 3.8) is 0 Å². The van der Waals surface area contributed by atoms with Crippen LogP contribution in [-0.2, 0) is 14.8 Å². The lowest BCUT2D eigenvalue weighted by Crippen LogP contribution is -2.47. The molecule has 1 amide bonds. The number of anilines is 2. The smallest absolute Gasteiger partial charge is 0.248 e. The van der Waals surface area contributed by atoms with Gasteiger partial charge in [0.05, 0.1) is 17.0 Å². The molecule has 1 atom stereocenters. The summed E-state index contributed by atoms with van der Waals surface area (Å²) in [6, 6.07) is 7.53. The molecule has 0 aromatic heterocycles. The standard InChI is InChI=1S/C18H19Cl2FN2O3S/c1-4-16(18(24)22-13-7-8-15(21)14(20)10-13)23(27(3,25)26)17-9-12(19)6-5-11(17)2/h5-10,16H,4H2,1-3H3,(H,22,24)/t16-/m0/s1. The van der Waals surface area contributed by atoms with Crippen LogP contribution in [0.3, 0.4) is 0 Å². The maximum absolute atomic E-state index is 13.3. The Balaban J connectivity index is 2.44. The van der Waals surface area contributed by atoms with Gasteiger partial charge in [-0.25, -0.2) is 12.8 Å². The lowest BCUT2D eigenvalue weighted by atomic mass is 10.1. The molecule has 0 aliphatic heterocycles.